The lowest BCUT2D eigenvalue weighted by Gasteiger charge is -2.16. The van der Waals surface area contributed by atoms with Crippen LogP contribution in [0.1, 0.15) is 5.56 Å². The number of nitrogens with one attached hydrogen (secondary N) is 1. The fourth-order valence-electron chi connectivity index (χ4n) is 4.02. The minimum absolute atomic E-state index is 0.0773. The maximum atomic E-state index is 6.46. The Kier molecular flexibility index (Phi) is 6.59. The fourth-order valence-corrected chi connectivity index (χ4v) is 4.02. The molecule has 3 heterocycles. The molecule has 0 fully saturated rings. The zero-order chi connectivity index (χ0) is 24.0. The van der Waals surface area contributed by atoms with Crippen LogP contribution in [0.4, 0.5) is 5.82 Å². The molecule has 5 aromatic rings. The molecule has 0 radical (unpaired) electrons. The number of aromatic nitrogens is 4. The second-order valence-electron chi connectivity index (χ2n) is 8.25. The van der Waals surface area contributed by atoms with E-state index in [1.54, 1.807) is 25.7 Å². The number of hydrogen-bond donors (Lipinski definition) is 2. The standard InChI is InChI=1S/C28H26N6O/c1-35-23-9-5-8-21(17-23)25-26-24(12-15-31-25)28(34-27(33-26)20-10-13-30-14-11-20)32-18-22(29)16-19-6-3-2-4-7-19/h2-15,17,22H,16,18,29H2,1H3,(H,32,33,34). The minimum Gasteiger partial charge on any atom is -0.497 e. The minimum atomic E-state index is -0.0773. The van der Waals surface area contributed by atoms with E-state index in [0.29, 0.717) is 12.4 Å². The maximum absolute atomic E-state index is 6.46. The van der Waals surface area contributed by atoms with Crippen LogP contribution in [0, 0.1) is 0 Å². The molecule has 0 saturated heterocycles. The van der Waals surface area contributed by atoms with E-state index in [0.717, 1.165) is 45.7 Å². The van der Waals surface area contributed by atoms with Crippen molar-refractivity contribution < 1.29 is 4.74 Å². The Hall–Kier alpha value is -4.36. The van der Waals surface area contributed by atoms with E-state index >= 15 is 0 Å². The molecule has 0 aliphatic heterocycles. The van der Waals surface area contributed by atoms with Crippen molar-refractivity contribution >= 4 is 16.7 Å². The Morgan fingerprint density at radius 1 is 0.886 bits per heavy atom. The lowest BCUT2D eigenvalue weighted by Crippen LogP contribution is -2.31. The molecule has 5 rings (SSSR count). The van der Waals surface area contributed by atoms with Gasteiger partial charge >= 0.3 is 0 Å². The van der Waals surface area contributed by atoms with Crippen molar-refractivity contribution in [2.24, 2.45) is 5.73 Å². The number of nitrogens with two attached hydrogens (primary N) is 1. The highest BCUT2D eigenvalue weighted by atomic mass is 16.5. The molecule has 0 bridgehead atoms. The van der Waals surface area contributed by atoms with Gasteiger partial charge in [-0.25, -0.2) is 9.97 Å². The van der Waals surface area contributed by atoms with Crippen LogP contribution < -0.4 is 15.8 Å². The molecule has 1 unspecified atom stereocenters. The van der Waals surface area contributed by atoms with Crippen molar-refractivity contribution in [1.82, 2.24) is 19.9 Å². The van der Waals surface area contributed by atoms with Crippen LogP contribution >= 0.6 is 0 Å². The molecule has 0 aliphatic carbocycles. The summed E-state index contributed by atoms with van der Waals surface area (Å²) in [5.41, 5.74) is 11.0. The highest BCUT2D eigenvalue weighted by molar-refractivity contribution is 5.98. The largest absolute Gasteiger partial charge is 0.497 e. The van der Waals surface area contributed by atoms with Crippen molar-refractivity contribution in [3.8, 4) is 28.4 Å². The average molecular weight is 463 g/mol. The average Bonchev–Trinajstić information content (AvgIpc) is 2.92. The van der Waals surface area contributed by atoms with Crippen molar-refractivity contribution in [3.05, 3.63) is 97.0 Å². The van der Waals surface area contributed by atoms with Gasteiger partial charge in [0, 0.05) is 47.7 Å². The molecule has 7 nitrogen and oxygen atoms in total. The van der Waals surface area contributed by atoms with Crippen molar-refractivity contribution in [2.75, 3.05) is 19.0 Å². The molecule has 174 valence electrons. The Bertz CT molecular complexity index is 1430. The van der Waals surface area contributed by atoms with E-state index < -0.39 is 0 Å². The molecule has 7 heteroatoms. The number of anilines is 1. The van der Waals surface area contributed by atoms with Gasteiger partial charge in [-0.1, -0.05) is 42.5 Å². The van der Waals surface area contributed by atoms with Crippen LogP contribution in [0.15, 0.2) is 91.4 Å². The topological polar surface area (TPSA) is 98.8 Å². The van der Waals surface area contributed by atoms with Crippen molar-refractivity contribution in [1.29, 1.82) is 0 Å². The Morgan fingerprint density at radius 2 is 1.71 bits per heavy atom. The van der Waals surface area contributed by atoms with Gasteiger partial charge in [-0.15, -0.1) is 0 Å². The summed E-state index contributed by atoms with van der Waals surface area (Å²) in [4.78, 5) is 18.6. The van der Waals surface area contributed by atoms with Gasteiger partial charge in [0.2, 0.25) is 0 Å². The Labute approximate surface area is 204 Å². The maximum Gasteiger partial charge on any atom is 0.162 e. The summed E-state index contributed by atoms with van der Waals surface area (Å²) in [6.07, 6.45) is 6.02. The van der Waals surface area contributed by atoms with E-state index in [1.807, 2.05) is 60.7 Å². The molecule has 3 aromatic heterocycles. The number of benzene rings is 2. The predicted octanol–water partition coefficient (Wildman–Crippen LogP) is 4.74. The van der Waals surface area contributed by atoms with Gasteiger partial charge in [-0.05, 0) is 42.3 Å². The molecule has 2 aromatic carbocycles. The molecule has 1 atom stereocenters. The van der Waals surface area contributed by atoms with Gasteiger partial charge in [0.15, 0.2) is 5.82 Å². The predicted molar refractivity (Wildman–Crippen MR) is 139 cm³/mol. The van der Waals surface area contributed by atoms with Crippen molar-refractivity contribution in [3.63, 3.8) is 0 Å². The zero-order valence-electron chi connectivity index (χ0n) is 19.4. The number of methoxy groups -OCH3 is 1. The van der Waals surface area contributed by atoms with E-state index in [4.69, 9.17) is 20.4 Å². The molecule has 0 amide bonds. The molecule has 0 spiro atoms. The van der Waals surface area contributed by atoms with Crippen LogP contribution in [0.25, 0.3) is 33.5 Å². The smallest absolute Gasteiger partial charge is 0.162 e. The summed E-state index contributed by atoms with van der Waals surface area (Å²) in [6, 6.07) is 23.7. The first kappa shape index (κ1) is 22.4. The van der Waals surface area contributed by atoms with Gasteiger partial charge < -0.3 is 15.8 Å². The number of ether oxygens (including phenoxy) is 1. The number of fused-ring (bicyclic) bond motifs is 1. The highest BCUT2D eigenvalue weighted by Gasteiger charge is 2.16. The quantitative estimate of drug-likeness (QED) is 0.343. The summed E-state index contributed by atoms with van der Waals surface area (Å²) < 4.78 is 5.43. The number of hydrogen-bond acceptors (Lipinski definition) is 7. The number of rotatable bonds is 8. The van der Waals surface area contributed by atoms with Gasteiger partial charge in [0.25, 0.3) is 0 Å². The molecule has 0 saturated carbocycles. The van der Waals surface area contributed by atoms with E-state index in [1.165, 1.54) is 5.56 Å². The third-order valence-electron chi connectivity index (χ3n) is 5.77. The van der Waals surface area contributed by atoms with Crippen LogP contribution in [0.5, 0.6) is 5.75 Å². The normalized spacial score (nSPS) is 11.8. The van der Waals surface area contributed by atoms with E-state index in [-0.39, 0.29) is 6.04 Å². The zero-order valence-corrected chi connectivity index (χ0v) is 19.4. The second-order valence-corrected chi connectivity index (χ2v) is 8.25. The summed E-state index contributed by atoms with van der Waals surface area (Å²) in [6.45, 7) is 0.563. The summed E-state index contributed by atoms with van der Waals surface area (Å²) in [5.74, 6) is 2.07. The van der Waals surface area contributed by atoms with Crippen LogP contribution in [-0.2, 0) is 6.42 Å². The molecule has 35 heavy (non-hydrogen) atoms. The van der Waals surface area contributed by atoms with E-state index in [9.17, 15) is 0 Å². The van der Waals surface area contributed by atoms with Gasteiger partial charge in [0.05, 0.1) is 12.8 Å². The van der Waals surface area contributed by atoms with Gasteiger partial charge in [-0.2, -0.15) is 0 Å². The van der Waals surface area contributed by atoms with Gasteiger partial charge in [-0.3, -0.25) is 9.97 Å². The number of pyridine rings is 2. The van der Waals surface area contributed by atoms with E-state index in [2.05, 4.69) is 27.4 Å². The second kappa shape index (κ2) is 10.3. The van der Waals surface area contributed by atoms with Crippen molar-refractivity contribution in [2.45, 2.75) is 12.5 Å². The lowest BCUT2D eigenvalue weighted by atomic mass is 10.1. The SMILES string of the molecule is COc1cccc(-c2nccc3c(NCC(N)Cc4ccccc4)nc(-c4ccncc4)nc23)c1. The molecule has 3 N–H and O–H groups in total. The Morgan fingerprint density at radius 3 is 2.51 bits per heavy atom. The number of nitrogens with zero attached hydrogens (tertiary/aromatic N) is 4. The van der Waals surface area contributed by atoms with Crippen LogP contribution in [-0.4, -0.2) is 39.6 Å². The fraction of sp³-hybridized carbons (Fsp3) is 0.143. The first-order chi connectivity index (χ1) is 17.2. The molecular formula is C28H26N6O. The molecule has 0 aliphatic rings. The van der Waals surface area contributed by atoms with Crippen LogP contribution in [0.2, 0.25) is 0 Å². The summed E-state index contributed by atoms with van der Waals surface area (Å²) >= 11 is 0. The Balaban J connectivity index is 1.55. The first-order valence-corrected chi connectivity index (χ1v) is 11.5. The van der Waals surface area contributed by atoms with Crippen LogP contribution in [0.3, 0.4) is 0 Å². The van der Waals surface area contributed by atoms with Gasteiger partial charge in [0.1, 0.15) is 17.1 Å². The highest BCUT2D eigenvalue weighted by Crippen LogP contribution is 2.32. The first-order valence-electron chi connectivity index (χ1n) is 11.5. The molecular weight excluding hydrogens is 436 g/mol. The third-order valence-corrected chi connectivity index (χ3v) is 5.77. The lowest BCUT2D eigenvalue weighted by molar-refractivity contribution is 0.415. The third kappa shape index (κ3) is 5.10. The summed E-state index contributed by atoms with van der Waals surface area (Å²) in [7, 11) is 1.65. The monoisotopic (exact) mass is 462 g/mol. The summed E-state index contributed by atoms with van der Waals surface area (Å²) in [5, 5.41) is 4.35.